The largest absolute Gasteiger partial charge is 0.399 e. The Labute approximate surface area is 412 Å². The third kappa shape index (κ3) is 59.9. The molecule has 0 aromatic rings. The van der Waals surface area contributed by atoms with Crippen LogP contribution in [-0.2, 0) is 18.8 Å². The lowest BCUT2D eigenvalue weighted by molar-refractivity contribution is 0.208. The molecule has 0 aliphatic rings. The van der Waals surface area contributed by atoms with Gasteiger partial charge in [0.1, 0.15) is 0 Å². The lowest BCUT2D eigenvalue weighted by Gasteiger charge is -2.07. The lowest BCUT2D eigenvalue weighted by atomic mass is 10.0. The quantitative estimate of drug-likeness (QED) is 0.0570. The van der Waals surface area contributed by atoms with E-state index in [-0.39, 0.29) is 13.2 Å². The highest BCUT2D eigenvalue weighted by Gasteiger charge is 2.11. The Morgan fingerprint density at radius 1 is 0.185 bits per heavy atom. The summed E-state index contributed by atoms with van der Waals surface area (Å²) in [7, 11) is -3.84. The smallest absolute Gasteiger partial charge is 0.248 e. The van der Waals surface area contributed by atoms with E-state index >= 15 is 0 Å². The zero-order valence-electron chi connectivity index (χ0n) is 45.1. The molecule has 0 saturated heterocycles. The van der Waals surface area contributed by atoms with E-state index in [9.17, 15) is 8.42 Å². The van der Waals surface area contributed by atoms with Crippen LogP contribution in [0, 0.1) is 0 Å². The number of unbranched alkanes of at least 4 members (excludes halogenated alkanes) is 54. The molecule has 0 bridgehead atoms. The van der Waals surface area contributed by atoms with Crippen LogP contribution in [0.5, 0.6) is 0 Å². The molecule has 0 N–H and O–H groups in total. The first-order valence-corrected chi connectivity index (χ1v) is 32.0. The summed E-state index contributed by atoms with van der Waals surface area (Å²) in [6, 6.07) is 0. The first-order valence-electron chi connectivity index (χ1n) is 30.7. The third-order valence-corrected chi connectivity index (χ3v) is 15.4. The fourth-order valence-electron chi connectivity index (χ4n) is 9.90. The van der Waals surface area contributed by atoms with Crippen LogP contribution in [0.3, 0.4) is 0 Å². The minimum Gasteiger partial charge on any atom is -0.248 e. The Morgan fingerprint density at radius 2 is 0.292 bits per heavy atom. The molecule has 0 fully saturated rings. The minimum absolute atomic E-state index is 0.251. The molecule has 0 spiro atoms. The van der Waals surface area contributed by atoms with Gasteiger partial charge in [0.25, 0.3) is 0 Å². The van der Waals surface area contributed by atoms with Gasteiger partial charge in [-0.15, -0.1) is 0 Å². The zero-order chi connectivity index (χ0) is 46.9. The Bertz CT molecular complexity index is 869. The monoisotopic (exact) mass is 939 g/mol. The third-order valence-electron chi connectivity index (χ3n) is 14.5. The second kappa shape index (κ2) is 58.2. The molecule has 0 aromatic heterocycles. The van der Waals surface area contributed by atoms with Crippen LogP contribution in [0.4, 0.5) is 0 Å². The number of hydrogen-bond acceptors (Lipinski definition) is 4. The molecule has 0 atom stereocenters. The summed E-state index contributed by atoms with van der Waals surface area (Å²) >= 11 is 0. The Morgan fingerprint density at radius 3 is 0.415 bits per heavy atom. The highest BCUT2D eigenvalue weighted by Crippen LogP contribution is 2.19. The van der Waals surface area contributed by atoms with E-state index in [1.807, 2.05) is 0 Å². The maximum absolute atomic E-state index is 12.1. The summed E-state index contributed by atoms with van der Waals surface area (Å²) in [5.41, 5.74) is 0. The van der Waals surface area contributed by atoms with Gasteiger partial charge in [-0.05, 0) is 12.8 Å². The van der Waals surface area contributed by atoms with Crippen LogP contribution >= 0.6 is 0 Å². The standard InChI is InChI=1S/C60H122O4S/c1-3-5-7-9-11-13-15-17-19-21-23-25-27-29-31-33-35-37-39-41-43-45-47-49-51-53-55-57-59-63-65(61,62)64-60-58-56-54-52-50-48-46-44-42-40-38-36-34-32-30-28-26-24-22-20-18-16-14-12-10-8-6-4-2/h3-60H2,1-2H3. The van der Waals surface area contributed by atoms with E-state index in [2.05, 4.69) is 13.8 Å². The molecule has 0 aromatic carbocycles. The zero-order valence-corrected chi connectivity index (χ0v) is 45.9. The van der Waals surface area contributed by atoms with Gasteiger partial charge >= 0.3 is 10.4 Å². The average molecular weight is 940 g/mol. The van der Waals surface area contributed by atoms with Crippen LogP contribution in [0.2, 0.25) is 0 Å². The fraction of sp³-hybridized carbons (Fsp3) is 1.00. The summed E-state index contributed by atoms with van der Waals surface area (Å²) in [4.78, 5) is 0. The van der Waals surface area contributed by atoms with Crippen LogP contribution in [0.25, 0.3) is 0 Å². The molecule has 0 radical (unpaired) electrons. The summed E-state index contributed by atoms with van der Waals surface area (Å²) in [6.07, 6.45) is 77.3. The van der Waals surface area contributed by atoms with Crippen molar-refractivity contribution in [1.82, 2.24) is 0 Å². The molecule has 0 aliphatic heterocycles. The van der Waals surface area contributed by atoms with Crippen molar-refractivity contribution in [2.24, 2.45) is 0 Å². The van der Waals surface area contributed by atoms with Crippen LogP contribution in [0.1, 0.15) is 373 Å². The van der Waals surface area contributed by atoms with Gasteiger partial charge in [0.05, 0.1) is 13.2 Å². The van der Waals surface area contributed by atoms with Gasteiger partial charge in [0, 0.05) is 0 Å². The molecule has 4 nitrogen and oxygen atoms in total. The van der Waals surface area contributed by atoms with E-state index in [1.54, 1.807) is 0 Å². The Balaban J connectivity index is 3.22. The van der Waals surface area contributed by atoms with Crippen molar-refractivity contribution >= 4 is 10.4 Å². The molecular formula is C60H122O4S. The second-order valence-electron chi connectivity index (χ2n) is 21.1. The van der Waals surface area contributed by atoms with Crippen LogP contribution in [0.15, 0.2) is 0 Å². The summed E-state index contributed by atoms with van der Waals surface area (Å²) in [5, 5.41) is 0. The molecule has 0 amide bonds. The maximum Gasteiger partial charge on any atom is 0.399 e. The van der Waals surface area contributed by atoms with Gasteiger partial charge in [0.15, 0.2) is 0 Å². The summed E-state index contributed by atoms with van der Waals surface area (Å²) in [6.45, 7) is 5.11. The van der Waals surface area contributed by atoms with Crippen molar-refractivity contribution in [2.75, 3.05) is 13.2 Å². The van der Waals surface area contributed by atoms with Crippen molar-refractivity contribution < 1.29 is 16.8 Å². The molecule has 0 unspecified atom stereocenters. The second-order valence-corrected chi connectivity index (χ2v) is 22.4. The molecular weight excluding hydrogens is 817 g/mol. The lowest BCUT2D eigenvalue weighted by Crippen LogP contribution is -2.12. The number of hydrogen-bond donors (Lipinski definition) is 0. The van der Waals surface area contributed by atoms with Gasteiger partial charge in [-0.2, -0.15) is 8.42 Å². The normalized spacial score (nSPS) is 12.0. The maximum atomic E-state index is 12.1. The first kappa shape index (κ1) is 64.9. The molecule has 0 rings (SSSR count). The van der Waals surface area contributed by atoms with E-state index in [4.69, 9.17) is 8.37 Å². The van der Waals surface area contributed by atoms with E-state index < -0.39 is 10.4 Å². The topological polar surface area (TPSA) is 52.6 Å². The summed E-state index contributed by atoms with van der Waals surface area (Å²) < 4.78 is 34.4. The van der Waals surface area contributed by atoms with Gasteiger partial charge in [-0.25, -0.2) is 8.37 Å². The molecule has 0 heterocycles. The molecule has 5 heteroatoms. The van der Waals surface area contributed by atoms with Crippen LogP contribution < -0.4 is 0 Å². The molecule has 0 aliphatic carbocycles. The van der Waals surface area contributed by atoms with E-state index in [0.717, 1.165) is 25.7 Å². The van der Waals surface area contributed by atoms with Crippen LogP contribution in [-0.4, -0.2) is 21.6 Å². The number of rotatable bonds is 60. The minimum atomic E-state index is -3.84. The van der Waals surface area contributed by atoms with Gasteiger partial charge in [-0.1, -0.05) is 361 Å². The molecule has 392 valence electrons. The van der Waals surface area contributed by atoms with Crippen molar-refractivity contribution in [3.63, 3.8) is 0 Å². The van der Waals surface area contributed by atoms with Crippen molar-refractivity contribution in [2.45, 2.75) is 373 Å². The Hall–Kier alpha value is -0.130. The highest BCUT2D eigenvalue weighted by molar-refractivity contribution is 7.81. The van der Waals surface area contributed by atoms with Gasteiger partial charge < -0.3 is 0 Å². The highest BCUT2D eigenvalue weighted by atomic mass is 32.3. The average Bonchev–Trinajstić information content (AvgIpc) is 3.30. The fourth-order valence-corrected chi connectivity index (χ4v) is 10.6. The predicted octanol–water partition coefficient (Wildman–Crippen LogP) is 22.1. The van der Waals surface area contributed by atoms with Crippen molar-refractivity contribution in [1.29, 1.82) is 0 Å². The predicted molar refractivity (Wildman–Crippen MR) is 291 cm³/mol. The van der Waals surface area contributed by atoms with Crippen molar-refractivity contribution in [3.05, 3.63) is 0 Å². The van der Waals surface area contributed by atoms with E-state index in [0.29, 0.717) is 0 Å². The van der Waals surface area contributed by atoms with Gasteiger partial charge in [-0.3, -0.25) is 0 Å². The van der Waals surface area contributed by atoms with E-state index in [1.165, 1.54) is 334 Å². The Kier molecular flexibility index (Phi) is 58.1. The SMILES string of the molecule is CCCCCCCCCCCCCCCCCCCCCCCCCCCCCCOS(=O)(=O)OCCCCCCCCCCCCCCCCCCCCCCCCCCCCCC. The molecule has 0 saturated carbocycles. The van der Waals surface area contributed by atoms with Gasteiger partial charge in [0.2, 0.25) is 0 Å². The van der Waals surface area contributed by atoms with Crippen molar-refractivity contribution in [3.8, 4) is 0 Å². The summed E-state index contributed by atoms with van der Waals surface area (Å²) in [5.74, 6) is 0. The first-order chi connectivity index (χ1) is 32.1. The molecule has 65 heavy (non-hydrogen) atoms.